The van der Waals surface area contributed by atoms with Gasteiger partial charge in [0.2, 0.25) is 10.0 Å². The first-order valence-electron chi connectivity index (χ1n) is 7.16. The maximum atomic E-state index is 12.2. The smallest absolute Gasteiger partial charge is 0.241 e. The number of hydrogen-bond donors (Lipinski definition) is 1. The van der Waals surface area contributed by atoms with E-state index in [0.717, 1.165) is 30.5 Å². The Kier molecular flexibility index (Phi) is 6.68. The van der Waals surface area contributed by atoms with Gasteiger partial charge in [0, 0.05) is 15.5 Å². The molecule has 0 unspecified atom stereocenters. The molecule has 0 aromatic heterocycles. The van der Waals surface area contributed by atoms with Crippen molar-refractivity contribution in [2.45, 2.75) is 30.6 Å². The average Bonchev–Trinajstić information content (AvgIpc) is 2.44. The Balaban J connectivity index is 1.83. The van der Waals surface area contributed by atoms with E-state index in [1.54, 1.807) is 18.2 Å². The Labute approximate surface area is 143 Å². The lowest BCUT2D eigenvalue weighted by atomic mass is 10.1. The number of likely N-dealkylation sites (tertiary alicyclic amines) is 1. The summed E-state index contributed by atoms with van der Waals surface area (Å²) in [5.41, 5.74) is 0. The zero-order chi connectivity index (χ0) is 15.3. The highest BCUT2D eigenvalue weighted by molar-refractivity contribution is 9.11. The van der Waals surface area contributed by atoms with Crippen LogP contribution in [0.5, 0.6) is 0 Å². The summed E-state index contributed by atoms with van der Waals surface area (Å²) in [6.45, 7) is 3.72. The molecule has 1 N–H and O–H groups in total. The van der Waals surface area contributed by atoms with Gasteiger partial charge in [0.1, 0.15) is 0 Å². The van der Waals surface area contributed by atoms with Gasteiger partial charge in [-0.15, -0.1) is 0 Å². The molecule has 2 rings (SSSR count). The van der Waals surface area contributed by atoms with Crippen molar-refractivity contribution in [2.24, 2.45) is 0 Å². The predicted octanol–water partition coefficient (Wildman–Crippen LogP) is 3.37. The Morgan fingerprint density at radius 1 is 1.14 bits per heavy atom. The number of hydrogen-bond acceptors (Lipinski definition) is 3. The fourth-order valence-corrected chi connectivity index (χ4v) is 5.28. The Morgan fingerprint density at radius 2 is 1.86 bits per heavy atom. The highest BCUT2D eigenvalue weighted by Gasteiger charge is 2.17. The van der Waals surface area contributed by atoms with Crippen LogP contribution in [-0.2, 0) is 10.0 Å². The maximum absolute atomic E-state index is 12.2. The first-order chi connectivity index (χ1) is 9.99. The van der Waals surface area contributed by atoms with Crippen LogP contribution in [0.25, 0.3) is 0 Å². The molecule has 1 heterocycles. The molecule has 0 amide bonds. The summed E-state index contributed by atoms with van der Waals surface area (Å²) in [6.07, 6.45) is 4.68. The van der Waals surface area contributed by atoms with E-state index in [0.29, 0.717) is 11.0 Å². The zero-order valence-corrected chi connectivity index (χ0v) is 15.8. The molecule has 1 fully saturated rings. The quantitative estimate of drug-likeness (QED) is 0.691. The first kappa shape index (κ1) is 17.4. The number of rotatable bonds is 6. The molecule has 21 heavy (non-hydrogen) atoms. The van der Waals surface area contributed by atoms with Crippen molar-refractivity contribution in [1.82, 2.24) is 9.62 Å². The molecule has 1 aromatic carbocycles. The summed E-state index contributed by atoms with van der Waals surface area (Å²) >= 11 is 6.62. The van der Waals surface area contributed by atoms with Crippen LogP contribution in [0.1, 0.15) is 25.7 Å². The summed E-state index contributed by atoms with van der Waals surface area (Å²) in [5, 5.41) is 0. The van der Waals surface area contributed by atoms with Crippen LogP contribution in [0, 0.1) is 0 Å². The average molecular weight is 440 g/mol. The maximum Gasteiger partial charge on any atom is 0.241 e. The normalized spacial score (nSPS) is 17.0. The second kappa shape index (κ2) is 8.06. The standard InChI is InChI=1S/C14H20Br2N2O2S/c15-12-5-6-14(13(16)11-12)21(19,20)17-7-4-10-18-8-2-1-3-9-18/h5-6,11,17H,1-4,7-10H2. The van der Waals surface area contributed by atoms with E-state index in [9.17, 15) is 8.42 Å². The van der Waals surface area contributed by atoms with Gasteiger partial charge in [-0.3, -0.25) is 0 Å². The fourth-order valence-electron chi connectivity index (χ4n) is 2.46. The van der Waals surface area contributed by atoms with Gasteiger partial charge in [-0.1, -0.05) is 22.4 Å². The van der Waals surface area contributed by atoms with Crippen LogP contribution in [0.2, 0.25) is 0 Å². The van der Waals surface area contributed by atoms with E-state index in [-0.39, 0.29) is 4.90 Å². The van der Waals surface area contributed by atoms with Crippen LogP contribution in [0.4, 0.5) is 0 Å². The number of piperidine rings is 1. The Bertz CT molecular complexity index is 572. The van der Waals surface area contributed by atoms with Crippen molar-refractivity contribution < 1.29 is 8.42 Å². The largest absolute Gasteiger partial charge is 0.303 e. The molecule has 1 aliphatic rings. The third-order valence-electron chi connectivity index (χ3n) is 3.58. The molecule has 1 aromatic rings. The minimum Gasteiger partial charge on any atom is -0.303 e. The van der Waals surface area contributed by atoms with Crippen molar-refractivity contribution in [1.29, 1.82) is 0 Å². The van der Waals surface area contributed by atoms with Gasteiger partial charge in [0.05, 0.1) is 4.90 Å². The highest BCUT2D eigenvalue weighted by Crippen LogP contribution is 2.25. The van der Waals surface area contributed by atoms with Crippen LogP contribution < -0.4 is 4.72 Å². The molecule has 0 saturated carbocycles. The lowest BCUT2D eigenvalue weighted by Gasteiger charge is -2.26. The van der Waals surface area contributed by atoms with E-state index in [1.165, 1.54) is 19.3 Å². The van der Waals surface area contributed by atoms with Crippen molar-refractivity contribution >= 4 is 41.9 Å². The van der Waals surface area contributed by atoms with Crippen LogP contribution in [-0.4, -0.2) is 39.5 Å². The predicted molar refractivity (Wildman–Crippen MR) is 91.9 cm³/mol. The van der Waals surface area contributed by atoms with Crippen molar-refractivity contribution in [3.63, 3.8) is 0 Å². The van der Waals surface area contributed by atoms with Crippen molar-refractivity contribution in [3.8, 4) is 0 Å². The lowest BCUT2D eigenvalue weighted by Crippen LogP contribution is -2.33. The molecule has 7 heteroatoms. The number of nitrogens with one attached hydrogen (secondary N) is 1. The summed E-state index contributed by atoms with van der Waals surface area (Å²) in [4.78, 5) is 2.69. The van der Waals surface area contributed by atoms with E-state index in [4.69, 9.17) is 0 Å². The molecule has 0 bridgehead atoms. The van der Waals surface area contributed by atoms with E-state index in [1.807, 2.05) is 0 Å². The van der Waals surface area contributed by atoms with Gasteiger partial charge in [-0.2, -0.15) is 0 Å². The van der Waals surface area contributed by atoms with Gasteiger partial charge < -0.3 is 4.90 Å². The molecule has 0 spiro atoms. The topological polar surface area (TPSA) is 49.4 Å². The molecule has 0 aliphatic carbocycles. The van der Waals surface area contributed by atoms with Crippen molar-refractivity contribution in [2.75, 3.05) is 26.2 Å². The van der Waals surface area contributed by atoms with E-state index >= 15 is 0 Å². The minimum absolute atomic E-state index is 0.281. The first-order valence-corrected chi connectivity index (χ1v) is 10.2. The van der Waals surface area contributed by atoms with Gasteiger partial charge >= 0.3 is 0 Å². The highest BCUT2D eigenvalue weighted by atomic mass is 79.9. The molecule has 0 radical (unpaired) electrons. The second-order valence-electron chi connectivity index (χ2n) is 5.23. The molecular weight excluding hydrogens is 420 g/mol. The molecule has 1 aliphatic heterocycles. The molecule has 118 valence electrons. The molecule has 4 nitrogen and oxygen atoms in total. The number of halogens is 2. The van der Waals surface area contributed by atoms with Crippen LogP contribution >= 0.6 is 31.9 Å². The third kappa shape index (κ3) is 5.32. The SMILES string of the molecule is O=S(=O)(NCCCN1CCCCC1)c1ccc(Br)cc1Br. The summed E-state index contributed by atoms with van der Waals surface area (Å²) in [5.74, 6) is 0. The van der Waals surface area contributed by atoms with Crippen molar-refractivity contribution in [3.05, 3.63) is 27.1 Å². The number of benzene rings is 1. The molecule has 0 atom stereocenters. The molecular formula is C14H20Br2N2O2S. The minimum atomic E-state index is -3.45. The second-order valence-corrected chi connectivity index (χ2v) is 8.73. The number of nitrogens with zero attached hydrogens (tertiary/aromatic N) is 1. The summed E-state index contributed by atoms with van der Waals surface area (Å²) in [6, 6.07) is 5.07. The van der Waals surface area contributed by atoms with Crippen LogP contribution in [0.15, 0.2) is 32.0 Å². The van der Waals surface area contributed by atoms with E-state index in [2.05, 4.69) is 41.5 Å². The summed E-state index contributed by atoms with van der Waals surface area (Å²) in [7, 11) is -3.45. The Hall–Kier alpha value is 0.0500. The monoisotopic (exact) mass is 438 g/mol. The Morgan fingerprint density at radius 3 is 2.52 bits per heavy atom. The van der Waals surface area contributed by atoms with E-state index < -0.39 is 10.0 Å². The van der Waals surface area contributed by atoms with Gasteiger partial charge in [0.25, 0.3) is 0 Å². The van der Waals surface area contributed by atoms with Gasteiger partial charge in [0.15, 0.2) is 0 Å². The summed E-state index contributed by atoms with van der Waals surface area (Å²) < 4.78 is 28.6. The van der Waals surface area contributed by atoms with Gasteiger partial charge in [-0.25, -0.2) is 13.1 Å². The fraction of sp³-hybridized carbons (Fsp3) is 0.571. The lowest BCUT2D eigenvalue weighted by molar-refractivity contribution is 0.227. The number of sulfonamides is 1. The zero-order valence-electron chi connectivity index (χ0n) is 11.8. The van der Waals surface area contributed by atoms with Gasteiger partial charge in [-0.05, 0) is 73.0 Å². The third-order valence-corrected chi connectivity index (χ3v) is 6.51. The molecule has 1 saturated heterocycles. The van der Waals surface area contributed by atoms with Crippen LogP contribution in [0.3, 0.4) is 0 Å².